The van der Waals surface area contributed by atoms with E-state index >= 15 is 0 Å². The van der Waals surface area contributed by atoms with Crippen molar-refractivity contribution in [3.63, 3.8) is 0 Å². The quantitative estimate of drug-likeness (QED) is 0.243. The van der Waals surface area contributed by atoms with E-state index in [2.05, 4.69) is 134 Å². The van der Waals surface area contributed by atoms with Crippen molar-refractivity contribution in [1.29, 1.82) is 0 Å². The summed E-state index contributed by atoms with van der Waals surface area (Å²) in [5.74, 6) is 1.86. The predicted molar refractivity (Wildman–Crippen MR) is 152 cm³/mol. The summed E-state index contributed by atoms with van der Waals surface area (Å²) in [6.07, 6.45) is 0. The Bertz CT molecular complexity index is 1860. The van der Waals surface area contributed by atoms with Crippen molar-refractivity contribution in [2.45, 2.75) is 12.3 Å². The molecule has 6 aromatic carbocycles. The fourth-order valence-corrected chi connectivity index (χ4v) is 6.56. The van der Waals surface area contributed by atoms with E-state index in [9.17, 15) is 0 Å². The van der Waals surface area contributed by atoms with Crippen molar-refractivity contribution in [1.82, 2.24) is 0 Å². The van der Waals surface area contributed by atoms with E-state index in [1.807, 2.05) is 0 Å². The number of benzene rings is 6. The highest BCUT2D eigenvalue weighted by atomic mass is 16.5. The Balaban J connectivity index is 1.35. The fraction of sp³-hybridized carbons (Fsp3) is 0.0556. The second-order valence-corrected chi connectivity index (χ2v) is 10.2. The second-order valence-electron chi connectivity index (χ2n) is 10.2. The van der Waals surface area contributed by atoms with E-state index in [4.69, 9.17) is 4.74 Å². The summed E-state index contributed by atoms with van der Waals surface area (Å²) in [5, 5.41) is 2.40. The summed E-state index contributed by atoms with van der Waals surface area (Å²) in [5.41, 5.74) is 11.1. The van der Waals surface area contributed by atoms with Crippen molar-refractivity contribution >= 4 is 10.8 Å². The largest absolute Gasteiger partial charge is 0.455 e. The van der Waals surface area contributed by atoms with Crippen LogP contribution in [0.15, 0.2) is 127 Å². The Kier molecular flexibility index (Phi) is 4.14. The average molecular weight is 473 g/mol. The third-order valence-corrected chi connectivity index (χ3v) is 8.36. The minimum atomic E-state index is -0.188. The molecule has 0 saturated heterocycles. The fourth-order valence-electron chi connectivity index (χ4n) is 6.56. The molecule has 37 heavy (non-hydrogen) atoms. The Morgan fingerprint density at radius 2 is 1.19 bits per heavy atom. The lowest BCUT2D eigenvalue weighted by Gasteiger charge is -2.28. The number of rotatable bonds is 2. The number of hydrogen-bond acceptors (Lipinski definition) is 1. The zero-order valence-corrected chi connectivity index (χ0v) is 20.5. The molecule has 1 heterocycles. The maximum atomic E-state index is 6.63. The van der Waals surface area contributed by atoms with Crippen LogP contribution in [0.5, 0.6) is 11.5 Å². The van der Waals surface area contributed by atoms with Crippen LogP contribution in [0.25, 0.3) is 44.2 Å². The van der Waals surface area contributed by atoms with Gasteiger partial charge in [0.1, 0.15) is 11.5 Å². The Morgan fingerprint density at radius 1 is 0.514 bits per heavy atom. The first-order valence-corrected chi connectivity index (χ1v) is 12.9. The molecule has 174 valence electrons. The number of fused-ring (bicyclic) bond motifs is 5. The van der Waals surface area contributed by atoms with Gasteiger partial charge in [-0.3, -0.25) is 0 Å². The molecule has 1 nitrogen and oxygen atoms in total. The van der Waals surface area contributed by atoms with E-state index in [1.54, 1.807) is 0 Å². The van der Waals surface area contributed by atoms with E-state index in [0.717, 1.165) is 22.6 Å². The highest BCUT2D eigenvalue weighted by Crippen LogP contribution is 2.54. The molecular formula is C36H24O. The molecule has 8 rings (SSSR count). The molecule has 1 unspecified atom stereocenters. The molecule has 0 saturated carbocycles. The molecule has 0 N–H and O–H groups in total. The smallest absolute Gasteiger partial charge is 0.143 e. The van der Waals surface area contributed by atoms with Crippen LogP contribution in [0.3, 0.4) is 0 Å². The van der Waals surface area contributed by atoms with Crippen LogP contribution in [0, 0.1) is 0 Å². The SMILES string of the molecule is CC1(c2ccccc2)c2ccccc2-c2cc(-c3cccc4c3Oc3cccc5cccc-4c35)ccc21. The first-order chi connectivity index (χ1) is 18.2. The van der Waals surface area contributed by atoms with Gasteiger partial charge in [-0.05, 0) is 63.4 Å². The van der Waals surface area contributed by atoms with Crippen LogP contribution in [-0.4, -0.2) is 0 Å². The van der Waals surface area contributed by atoms with Crippen LogP contribution in [-0.2, 0) is 5.41 Å². The lowest BCUT2D eigenvalue weighted by molar-refractivity contribution is 0.489. The summed E-state index contributed by atoms with van der Waals surface area (Å²) >= 11 is 0. The van der Waals surface area contributed by atoms with Gasteiger partial charge in [-0.1, -0.05) is 115 Å². The standard InChI is InChI=1S/C36H24O/c1-36(25-12-3-2-4-13-25)31-18-6-5-14-27(31)30-22-24(20-21-32(30)36)26-15-9-17-29-28-16-7-10-23-11-8-19-33(34(23)28)37-35(26)29/h2-22H,1H3. The highest BCUT2D eigenvalue weighted by Gasteiger charge is 2.40. The van der Waals surface area contributed by atoms with Gasteiger partial charge in [-0.25, -0.2) is 0 Å². The molecule has 0 amide bonds. The molecule has 1 atom stereocenters. The molecule has 1 heteroatoms. The number of hydrogen-bond donors (Lipinski definition) is 0. The van der Waals surface area contributed by atoms with Gasteiger partial charge in [0.05, 0.1) is 0 Å². The molecule has 6 aromatic rings. The topological polar surface area (TPSA) is 9.23 Å². The van der Waals surface area contributed by atoms with Crippen LogP contribution in [0.1, 0.15) is 23.6 Å². The molecule has 2 aliphatic rings. The Labute approximate surface area is 216 Å². The molecule has 0 bridgehead atoms. The van der Waals surface area contributed by atoms with E-state index < -0.39 is 0 Å². The highest BCUT2D eigenvalue weighted by molar-refractivity contribution is 6.05. The maximum Gasteiger partial charge on any atom is 0.143 e. The Hall–Kier alpha value is -4.62. The van der Waals surface area contributed by atoms with Crippen molar-refractivity contribution < 1.29 is 4.74 Å². The van der Waals surface area contributed by atoms with Gasteiger partial charge in [0.25, 0.3) is 0 Å². The van der Waals surface area contributed by atoms with Gasteiger partial charge in [0.2, 0.25) is 0 Å². The zero-order valence-electron chi connectivity index (χ0n) is 20.5. The first-order valence-electron chi connectivity index (χ1n) is 12.9. The summed E-state index contributed by atoms with van der Waals surface area (Å²) in [6.45, 7) is 2.36. The van der Waals surface area contributed by atoms with Gasteiger partial charge in [0, 0.05) is 21.9 Å². The van der Waals surface area contributed by atoms with Gasteiger partial charge < -0.3 is 4.74 Å². The van der Waals surface area contributed by atoms with E-state index in [-0.39, 0.29) is 5.41 Å². The molecule has 1 aliphatic carbocycles. The van der Waals surface area contributed by atoms with Crippen molar-refractivity contribution in [3.05, 3.63) is 144 Å². The van der Waals surface area contributed by atoms with Crippen LogP contribution < -0.4 is 4.74 Å². The number of ether oxygens (including phenoxy) is 1. The lowest BCUT2D eigenvalue weighted by Crippen LogP contribution is -2.22. The summed E-state index contributed by atoms with van der Waals surface area (Å²) in [4.78, 5) is 0. The van der Waals surface area contributed by atoms with Crippen LogP contribution >= 0.6 is 0 Å². The molecule has 0 radical (unpaired) electrons. The monoisotopic (exact) mass is 472 g/mol. The molecule has 0 aromatic heterocycles. The van der Waals surface area contributed by atoms with Crippen molar-refractivity contribution in [2.24, 2.45) is 0 Å². The zero-order chi connectivity index (χ0) is 24.6. The van der Waals surface area contributed by atoms with Crippen LogP contribution in [0.4, 0.5) is 0 Å². The predicted octanol–water partition coefficient (Wildman–Crippen LogP) is 9.61. The summed E-state index contributed by atoms with van der Waals surface area (Å²) < 4.78 is 6.63. The normalized spacial score (nSPS) is 16.6. The number of para-hydroxylation sites is 1. The van der Waals surface area contributed by atoms with E-state index in [1.165, 1.54) is 49.7 Å². The molecule has 0 fully saturated rings. The second kappa shape index (κ2) is 7.44. The van der Waals surface area contributed by atoms with Gasteiger partial charge in [0.15, 0.2) is 0 Å². The third kappa shape index (κ3) is 2.74. The third-order valence-electron chi connectivity index (χ3n) is 8.36. The molecule has 1 aliphatic heterocycles. The van der Waals surface area contributed by atoms with Gasteiger partial charge in [-0.2, -0.15) is 0 Å². The molecular weight excluding hydrogens is 448 g/mol. The van der Waals surface area contributed by atoms with E-state index in [0.29, 0.717) is 0 Å². The van der Waals surface area contributed by atoms with Crippen LogP contribution in [0.2, 0.25) is 0 Å². The maximum absolute atomic E-state index is 6.63. The summed E-state index contributed by atoms with van der Waals surface area (Å²) in [6, 6.07) is 46.0. The first kappa shape index (κ1) is 20.6. The molecule has 0 spiro atoms. The van der Waals surface area contributed by atoms with Gasteiger partial charge in [-0.15, -0.1) is 0 Å². The van der Waals surface area contributed by atoms with Crippen molar-refractivity contribution in [3.8, 4) is 44.9 Å². The lowest BCUT2D eigenvalue weighted by atomic mass is 9.74. The van der Waals surface area contributed by atoms with Crippen molar-refractivity contribution in [2.75, 3.05) is 0 Å². The minimum Gasteiger partial charge on any atom is -0.455 e. The minimum absolute atomic E-state index is 0.188. The van der Waals surface area contributed by atoms with Gasteiger partial charge >= 0.3 is 0 Å². The summed E-state index contributed by atoms with van der Waals surface area (Å²) in [7, 11) is 0. The average Bonchev–Trinajstić information content (AvgIpc) is 3.22. The Morgan fingerprint density at radius 3 is 2.08 bits per heavy atom.